The van der Waals surface area contributed by atoms with Crippen molar-refractivity contribution in [3.63, 3.8) is 0 Å². The van der Waals surface area contributed by atoms with Gasteiger partial charge in [-0.25, -0.2) is 4.98 Å². The van der Waals surface area contributed by atoms with Crippen LogP contribution in [0, 0.1) is 6.92 Å². The van der Waals surface area contributed by atoms with E-state index in [1.165, 1.54) is 25.7 Å². The minimum Gasteiger partial charge on any atom is -0.314 e. The molecule has 2 aromatic rings. The maximum absolute atomic E-state index is 12.3. The first kappa shape index (κ1) is 14.3. The molecule has 4 nitrogen and oxygen atoms in total. The first-order valence-electron chi connectivity index (χ1n) is 7.95. The van der Waals surface area contributed by atoms with Gasteiger partial charge in [0.15, 0.2) is 0 Å². The van der Waals surface area contributed by atoms with Crippen molar-refractivity contribution in [2.45, 2.75) is 51.6 Å². The summed E-state index contributed by atoms with van der Waals surface area (Å²) in [5.41, 5.74) is 2.46. The van der Waals surface area contributed by atoms with Gasteiger partial charge in [0.2, 0.25) is 0 Å². The molecule has 21 heavy (non-hydrogen) atoms. The molecule has 0 spiro atoms. The summed E-state index contributed by atoms with van der Waals surface area (Å²) < 4.78 is 1.87. The third-order valence-corrected chi connectivity index (χ3v) is 4.36. The van der Waals surface area contributed by atoms with E-state index in [-0.39, 0.29) is 5.56 Å². The molecule has 112 valence electrons. The largest absolute Gasteiger partial charge is 0.314 e. The zero-order chi connectivity index (χ0) is 14.7. The van der Waals surface area contributed by atoms with E-state index in [2.05, 4.69) is 10.3 Å². The molecular formula is C17H23N3O. The summed E-state index contributed by atoms with van der Waals surface area (Å²) >= 11 is 0. The highest BCUT2D eigenvalue weighted by molar-refractivity contribution is 5.74. The fourth-order valence-electron chi connectivity index (χ4n) is 3.22. The summed E-state index contributed by atoms with van der Waals surface area (Å²) in [4.78, 5) is 16.7. The third kappa shape index (κ3) is 3.16. The van der Waals surface area contributed by atoms with Crippen LogP contribution in [-0.4, -0.2) is 22.1 Å². The minimum atomic E-state index is 0.0366. The van der Waals surface area contributed by atoms with Crippen LogP contribution in [0.4, 0.5) is 0 Å². The van der Waals surface area contributed by atoms with Crippen molar-refractivity contribution in [2.75, 3.05) is 6.54 Å². The zero-order valence-corrected chi connectivity index (χ0v) is 12.6. The summed E-state index contributed by atoms with van der Waals surface area (Å²) in [6.45, 7) is 3.53. The first-order chi connectivity index (χ1) is 10.3. The maximum atomic E-state index is 12.3. The smallest absolute Gasteiger partial charge is 0.272 e. The van der Waals surface area contributed by atoms with Gasteiger partial charge in [-0.15, -0.1) is 0 Å². The highest BCUT2D eigenvalue weighted by Gasteiger charge is 2.13. The normalized spacial score (nSPS) is 15.9. The van der Waals surface area contributed by atoms with Gasteiger partial charge in [0.05, 0.1) is 11.0 Å². The molecule has 0 atom stereocenters. The molecule has 0 amide bonds. The number of rotatable bonds is 5. The molecule has 0 radical (unpaired) electrons. The van der Waals surface area contributed by atoms with E-state index in [1.807, 2.05) is 28.8 Å². The predicted octanol–water partition coefficient (Wildman–Crippen LogP) is 2.63. The van der Waals surface area contributed by atoms with Gasteiger partial charge in [-0.1, -0.05) is 25.0 Å². The highest BCUT2D eigenvalue weighted by atomic mass is 16.1. The Morgan fingerprint density at radius 2 is 2.05 bits per heavy atom. The van der Waals surface area contributed by atoms with E-state index in [0.717, 1.165) is 30.5 Å². The highest BCUT2D eigenvalue weighted by Crippen LogP contribution is 2.17. The summed E-state index contributed by atoms with van der Waals surface area (Å²) in [5.74, 6) is 0. The van der Waals surface area contributed by atoms with Crippen LogP contribution in [0.3, 0.4) is 0 Å². The Hall–Kier alpha value is -1.68. The number of hydrogen-bond acceptors (Lipinski definition) is 3. The molecule has 1 aromatic carbocycles. The van der Waals surface area contributed by atoms with E-state index < -0.39 is 0 Å². The van der Waals surface area contributed by atoms with Crippen molar-refractivity contribution >= 4 is 11.0 Å². The second-order valence-corrected chi connectivity index (χ2v) is 5.93. The average molecular weight is 285 g/mol. The summed E-state index contributed by atoms with van der Waals surface area (Å²) in [6, 6.07) is 8.57. The molecule has 1 heterocycles. The third-order valence-electron chi connectivity index (χ3n) is 4.36. The molecule has 1 fully saturated rings. The molecule has 0 bridgehead atoms. The lowest BCUT2D eigenvalue weighted by Gasteiger charge is -2.14. The molecule has 0 aliphatic heterocycles. The van der Waals surface area contributed by atoms with Crippen LogP contribution in [0.2, 0.25) is 0 Å². The quantitative estimate of drug-likeness (QED) is 0.859. The van der Waals surface area contributed by atoms with E-state index >= 15 is 0 Å². The Morgan fingerprint density at radius 3 is 2.86 bits per heavy atom. The van der Waals surface area contributed by atoms with Crippen LogP contribution in [0.25, 0.3) is 11.0 Å². The Morgan fingerprint density at radius 1 is 1.29 bits per heavy atom. The maximum Gasteiger partial charge on any atom is 0.272 e. The van der Waals surface area contributed by atoms with Crippen LogP contribution in [0.5, 0.6) is 0 Å². The van der Waals surface area contributed by atoms with Gasteiger partial charge >= 0.3 is 0 Å². The van der Waals surface area contributed by atoms with Crippen LogP contribution in [-0.2, 0) is 6.54 Å². The number of benzene rings is 1. The summed E-state index contributed by atoms with van der Waals surface area (Å²) in [6.07, 6.45) is 6.29. The number of aromatic nitrogens is 2. The molecule has 1 aromatic heterocycles. The van der Waals surface area contributed by atoms with Gasteiger partial charge in [-0.05, 0) is 44.9 Å². The number of nitrogens with zero attached hydrogens (tertiary/aromatic N) is 2. The molecule has 1 saturated carbocycles. The van der Waals surface area contributed by atoms with Crippen molar-refractivity contribution in [3.8, 4) is 0 Å². The fraction of sp³-hybridized carbons (Fsp3) is 0.529. The van der Waals surface area contributed by atoms with Crippen LogP contribution < -0.4 is 10.9 Å². The van der Waals surface area contributed by atoms with Gasteiger partial charge in [-0.3, -0.25) is 4.79 Å². The van der Waals surface area contributed by atoms with E-state index in [1.54, 1.807) is 6.92 Å². The van der Waals surface area contributed by atoms with Gasteiger partial charge in [0.1, 0.15) is 5.69 Å². The van der Waals surface area contributed by atoms with Crippen molar-refractivity contribution in [3.05, 3.63) is 40.3 Å². The van der Waals surface area contributed by atoms with Gasteiger partial charge < -0.3 is 9.88 Å². The van der Waals surface area contributed by atoms with E-state index in [4.69, 9.17) is 0 Å². The molecule has 3 rings (SSSR count). The zero-order valence-electron chi connectivity index (χ0n) is 12.6. The predicted molar refractivity (Wildman–Crippen MR) is 85.6 cm³/mol. The van der Waals surface area contributed by atoms with Gasteiger partial charge in [0, 0.05) is 12.6 Å². The van der Waals surface area contributed by atoms with Crippen LogP contribution in [0.15, 0.2) is 29.1 Å². The second-order valence-electron chi connectivity index (χ2n) is 5.93. The number of aryl methyl sites for hydroxylation is 2. The monoisotopic (exact) mass is 285 g/mol. The lowest BCUT2D eigenvalue weighted by molar-refractivity contribution is 0.495. The lowest BCUT2D eigenvalue weighted by Crippen LogP contribution is -2.29. The first-order valence-corrected chi connectivity index (χ1v) is 7.95. The van der Waals surface area contributed by atoms with Crippen molar-refractivity contribution in [2.24, 2.45) is 0 Å². The Labute approximate surface area is 125 Å². The number of nitrogens with one attached hydrogen (secondary N) is 1. The van der Waals surface area contributed by atoms with Gasteiger partial charge in [-0.2, -0.15) is 0 Å². The number of fused-ring (bicyclic) bond motifs is 1. The molecule has 0 unspecified atom stereocenters. The topological polar surface area (TPSA) is 46.9 Å². The Bertz CT molecular complexity index is 671. The molecule has 1 aliphatic carbocycles. The van der Waals surface area contributed by atoms with E-state index in [0.29, 0.717) is 11.7 Å². The lowest BCUT2D eigenvalue weighted by atomic mass is 10.2. The molecule has 1 N–H and O–H groups in total. The van der Waals surface area contributed by atoms with Gasteiger partial charge in [0.25, 0.3) is 5.56 Å². The molecule has 4 heteroatoms. The minimum absolute atomic E-state index is 0.0366. The van der Waals surface area contributed by atoms with Crippen LogP contribution in [0.1, 0.15) is 37.8 Å². The SMILES string of the molecule is Cc1nc2ccccc2n(CCCNC2CCCC2)c1=O. The number of hydrogen-bond donors (Lipinski definition) is 1. The molecule has 1 aliphatic rings. The fourth-order valence-corrected chi connectivity index (χ4v) is 3.22. The molecule has 0 saturated heterocycles. The summed E-state index contributed by atoms with van der Waals surface area (Å²) in [5, 5.41) is 3.60. The molecular weight excluding hydrogens is 262 g/mol. The standard InChI is InChI=1S/C17H23N3O/c1-13-17(21)20(16-10-5-4-9-15(16)19-13)12-6-11-18-14-7-2-3-8-14/h4-5,9-10,14,18H,2-3,6-8,11-12H2,1H3. The van der Waals surface area contributed by atoms with Crippen molar-refractivity contribution in [1.29, 1.82) is 0 Å². The average Bonchev–Trinajstić information content (AvgIpc) is 3.00. The van der Waals surface area contributed by atoms with Crippen LogP contribution >= 0.6 is 0 Å². The van der Waals surface area contributed by atoms with E-state index in [9.17, 15) is 4.79 Å². The Balaban J connectivity index is 1.70. The van der Waals surface area contributed by atoms with Crippen molar-refractivity contribution in [1.82, 2.24) is 14.9 Å². The van der Waals surface area contributed by atoms with Crippen molar-refractivity contribution < 1.29 is 0 Å². The number of para-hydroxylation sites is 2. The summed E-state index contributed by atoms with van der Waals surface area (Å²) in [7, 11) is 0. The second kappa shape index (κ2) is 6.39. The Kier molecular flexibility index (Phi) is 4.34.